The second kappa shape index (κ2) is 5.91. The molecule has 1 heteroatoms. The third-order valence-corrected chi connectivity index (χ3v) is 4.86. The van der Waals surface area contributed by atoms with E-state index in [4.69, 9.17) is 11.6 Å². The first-order valence-corrected chi connectivity index (χ1v) is 7.40. The fourth-order valence-corrected chi connectivity index (χ4v) is 3.16. The molecule has 0 N–H and O–H groups in total. The van der Waals surface area contributed by atoms with E-state index in [1.807, 2.05) is 0 Å². The number of benzene rings is 1. The van der Waals surface area contributed by atoms with Crippen LogP contribution in [-0.4, -0.2) is 0 Å². The summed E-state index contributed by atoms with van der Waals surface area (Å²) in [6.07, 6.45) is 6.53. The zero-order chi connectivity index (χ0) is 12.3. The van der Waals surface area contributed by atoms with E-state index in [1.54, 1.807) is 0 Å². The summed E-state index contributed by atoms with van der Waals surface area (Å²) < 4.78 is 0. The molecule has 0 saturated heterocycles. The van der Waals surface area contributed by atoms with Gasteiger partial charge >= 0.3 is 0 Å². The molecule has 0 aliphatic heterocycles. The van der Waals surface area contributed by atoms with Gasteiger partial charge in [-0.1, -0.05) is 51.0 Å². The summed E-state index contributed by atoms with van der Waals surface area (Å²) in [6.45, 7) is 4.52. The molecule has 0 radical (unpaired) electrons. The number of halogens is 1. The van der Waals surface area contributed by atoms with Gasteiger partial charge in [0.1, 0.15) is 0 Å². The largest absolute Gasteiger partial charge is 0.118 e. The Balaban J connectivity index is 2.06. The Kier molecular flexibility index (Phi) is 4.50. The molecule has 0 spiro atoms. The number of rotatable bonds is 4. The first-order valence-electron chi connectivity index (χ1n) is 6.96. The van der Waals surface area contributed by atoms with Crippen LogP contribution in [0.1, 0.15) is 68.4 Å². The molecule has 2 atom stereocenters. The molecule has 0 amide bonds. The highest BCUT2D eigenvalue weighted by molar-refractivity contribution is 6.21. The zero-order valence-electron chi connectivity index (χ0n) is 11.0. The van der Waals surface area contributed by atoms with Crippen LogP contribution in [0.15, 0.2) is 24.3 Å². The zero-order valence-corrected chi connectivity index (χ0v) is 11.7. The molecule has 0 heterocycles. The highest BCUT2D eigenvalue weighted by Crippen LogP contribution is 2.40. The molecule has 17 heavy (non-hydrogen) atoms. The molecule has 1 aromatic carbocycles. The second-order valence-electron chi connectivity index (χ2n) is 5.42. The van der Waals surface area contributed by atoms with Gasteiger partial charge in [0.2, 0.25) is 0 Å². The van der Waals surface area contributed by atoms with Gasteiger partial charge in [-0.05, 0) is 42.2 Å². The third-order valence-electron chi connectivity index (χ3n) is 4.25. The minimum atomic E-state index is 0.225. The average Bonchev–Trinajstić information content (AvgIpc) is 2.91. The van der Waals surface area contributed by atoms with Crippen molar-refractivity contribution in [3.63, 3.8) is 0 Å². The SMILES string of the molecule is CCC(C)c1ccc(C(Cl)C2CCCC2)cc1. The highest BCUT2D eigenvalue weighted by atomic mass is 35.5. The minimum Gasteiger partial charge on any atom is -0.118 e. The Morgan fingerprint density at radius 3 is 2.18 bits per heavy atom. The first kappa shape index (κ1) is 13.0. The van der Waals surface area contributed by atoms with Crippen LogP contribution in [0.25, 0.3) is 0 Å². The van der Waals surface area contributed by atoms with E-state index in [0.717, 1.165) is 0 Å². The highest BCUT2D eigenvalue weighted by Gasteiger charge is 2.24. The molecule has 1 aliphatic rings. The maximum Gasteiger partial charge on any atom is 0.0613 e. The van der Waals surface area contributed by atoms with Crippen LogP contribution in [0.3, 0.4) is 0 Å². The van der Waals surface area contributed by atoms with Gasteiger partial charge in [-0.25, -0.2) is 0 Å². The number of alkyl halides is 1. The fourth-order valence-electron chi connectivity index (χ4n) is 2.77. The van der Waals surface area contributed by atoms with Crippen molar-refractivity contribution < 1.29 is 0 Å². The summed E-state index contributed by atoms with van der Waals surface area (Å²) >= 11 is 6.58. The van der Waals surface area contributed by atoms with Gasteiger partial charge in [-0.3, -0.25) is 0 Å². The monoisotopic (exact) mass is 250 g/mol. The Bertz CT molecular complexity index is 335. The summed E-state index contributed by atoms with van der Waals surface area (Å²) in [5.41, 5.74) is 2.75. The molecule has 1 fully saturated rings. The Morgan fingerprint density at radius 2 is 1.65 bits per heavy atom. The number of hydrogen-bond acceptors (Lipinski definition) is 0. The van der Waals surface area contributed by atoms with Crippen LogP contribution in [0.2, 0.25) is 0 Å². The molecular formula is C16H23Cl. The van der Waals surface area contributed by atoms with Crippen LogP contribution in [0.5, 0.6) is 0 Å². The summed E-state index contributed by atoms with van der Waals surface area (Å²) in [4.78, 5) is 0. The lowest BCUT2D eigenvalue weighted by Gasteiger charge is -2.18. The smallest absolute Gasteiger partial charge is 0.0613 e. The van der Waals surface area contributed by atoms with Crippen LogP contribution in [0, 0.1) is 5.92 Å². The topological polar surface area (TPSA) is 0 Å². The maximum absolute atomic E-state index is 6.58. The van der Waals surface area contributed by atoms with Gasteiger partial charge in [0.15, 0.2) is 0 Å². The minimum absolute atomic E-state index is 0.225. The third kappa shape index (κ3) is 3.04. The molecule has 2 rings (SSSR count). The van der Waals surface area contributed by atoms with Gasteiger partial charge in [-0.2, -0.15) is 0 Å². The van der Waals surface area contributed by atoms with Crippen molar-refractivity contribution in [3.05, 3.63) is 35.4 Å². The van der Waals surface area contributed by atoms with Crippen molar-refractivity contribution in [2.45, 2.75) is 57.2 Å². The van der Waals surface area contributed by atoms with Gasteiger partial charge in [0, 0.05) is 0 Å². The Hall–Kier alpha value is -0.490. The lowest BCUT2D eigenvalue weighted by Crippen LogP contribution is -2.03. The van der Waals surface area contributed by atoms with Crippen molar-refractivity contribution >= 4 is 11.6 Å². The molecular weight excluding hydrogens is 228 g/mol. The van der Waals surface area contributed by atoms with Gasteiger partial charge < -0.3 is 0 Å². The summed E-state index contributed by atoms with van der Waals surface area (Å²) in [5.74, 6) is 1.36. The van der Waals surface area contributed by atoms with E-state index < -0.39 is 0 Å². The lowest BCUT2D eigenvalue weighted by molar-refractivity contribution is 0.529. The summed E-state index contributed by atoms with van der Waals surface area (Å²) in [7, 11) is 0. The predicted molar refractivity (Wildman–Crippen MR) is 75.7 cm³/mol. The molecule has 0 bridgehead atoms. The van der Waals surface area contributed by atoms with E-state index in [9.17, 15) is 0 Å². The van der Waals surface area contributed by atoms with Gasteiger partial charge in [0.25, 0.3) is 0 Å². The molecule has 0 aromatic heterocycles. The van der Waals surface area contributed by atoms with Gasteiger partial charge in [-0.15, -0.1) is 11.6 Å². The van der Waals surface area contributed by atoms with Crippen molar-refractivity contribution in [2.75, 3.05) is 0 Å². The quantitative estimate of drug-likeness (QED) is 0.604. The Morgan fingerprint density at radius 1 is 1.12 bits per heavy atom. The van der Waals surface area contributed by atoms with Crippen LogP contribution >= 0.6 is 11.6 Å². The second-order valence-corrected chi connectivity index (χ2v) is 5.89. The van der Waals surface area contributed by atoms with E-state index >= 15 is 0 Å². The van der Waals surface area contributed by atoms with E-state index in [-0.39, 0.29) is 5.38 Å². The maximum atomic E-state index is 6.58. The molecule has 0 nitrogen and oxygen atoms in total. The van der Waals surface area contributed by atoms with Crippen molar-refractivity contribution in [1.82, 2.24) is 0 Å². The normalized spacial score (nSPS) is 20.4. The Labute approximate surface area is 110 Å². The van der Waals surface area contributed by atoms with Crippen LogP contribution in [0.4, 0.5) is 0 Å². The van der Waals surface area contributed by atoms with E-state index in [1.165, 1.54) is 43.2 Å². The predicted octanol–water partition coefficient (Wildman–Crippen LogP) is 5.67. The van der Waals surface area contributed by atoms with E-state index in [0.29, 0.717) is 11.8 Å². The van der Waals surface area contributed by atoms with Crippen LogP contribution in [-0.2, 0) is 0 Å². The fraction of sp³-hybridized carbons (Fsp3) is 0.625. The first-order chi connectivity index (χ1) is 8.22. The number of hydrogen-bond donors (Lipinski definition) is 0. The van der Waals surface area contributed by atoms with Crippen molar-refractivity contribution in [1.29, 1.82) is 0 Å². The van der Waals surface area contributed by atoms with E-state index in [2.05, 4.69) is 38.1 Å². The van der Waals surface area contributed by atoms with Gasteiger partial charge in [0.05, 0.1) is 5.38 Å². The molecule has 2 unspecified atom stereocenters. The summed E-state index contributed by atoms with van der Waals surface area (Å²) in [6, 6.07) is 8.98. The van der Waals surface area contributed by atoms with Crippen LogP contribution < -0.4 is 0 Å². The van der Waals surface area contributed by atoms with Crippen molar-refractivity contribution in [2.24, 2.45) is 5.92 Å². The molecule has 1 aliphatic carbocycles. The summed E-state index contributed by atoms with van der Waals surface area (Å²) in [5, 5.41) is 0.225. The van der Waals surface area contributed by atoms with Crippen molar-refractivity contribution in [3.8, 4) is 0 Å². The lowest BCUT2D eigenvalue weighted by atomic mass is 9.93. The molecule has 1 saturated carbocycles. The average molecular weight is 251 g/mol. The molecule has 94 valence electrons. The molecule has 1 aromatic rings. The standard InChI is InChI=1S/C16H23Cl/c1-3-12(2)13-8-10-15(11-9-13)16(17)14-6-4-5-7-14/h8-12,14,16H,3-7H2,1-2H3.